The number of rotatable bonds is 6. The second-order valence-corrected chi connectivity index (χ2v) is 4.90. The monoisotopic (exact) mass is 273 g/mol. The normalized spacial score (nSPS) is 12.2. The molecule has 0 heterocycles. The molecule has 2 aromatic rings. The number of halogens is 1. The van der Waals surface area contributed by atoms with Gasteiger partial charge in [-0.15, -0.1) is 0 Å². The van der Waals surface area contributed by atoms with Crippen LogP contribution in [0.15, 0.2) is 48.5 Å². The van der Waals surface area contributed by atoms with E-state index in [0.29, 0.717) is 12.1 Å². The number of benzene rings is 2. The molecule has 2 aromatic carbocycles. The predicted octanol–water partition coefficient (Wildman–Crippen LogP) is 3.92. The molecule has 0 aromatic heterocycles. The van der Waals surface area contributed by atoms with Crippen molar-refractivity contribution in [2.75, 3.05) is 11.9 Å². The lowest BCUT2D eigenvalue weighted by Crippen LogP contribution is -2.12. The van der Waals surface area contributed by atoms with Crippen molar-refractivity contribution in [2.45, 2.75) is 25.9 Å². The Hall–Kier alpha value is -1.87. The molecule has 0 fully saturated rings. The van der Waals surface area contributed by atoms with Crippen molar-refractivity contribution in [1.29, 1.82) is 0 Å². The first kappa shape index (κ1) is 14.5. The molecule has 0 aliphatic rings. The van der Waals surface area contributed by atoms with Gasteiger partial charge in [-0.3, -0.25) is 0 Å². The van der Waals surface area contributed by atoms with Crippen molar-refractivity contribution in [3.05, 3.63) is 65.5 Å². The van der Waals surface area contributed by atoms with Crippen LogP contribution >= 0.6 is 0 Å². The van der Waals surface area contributed by atoms with Crippen molar-refractivity contribution in [3.63, 3.8) is 0 Å². The Balaban J connectivity index is 1.91. The average molecular weight is 273 g/mol. The highest BCUT2D eigenvalue weighted by Gasteiger charge is 2.07. The third-order valence-corrected chi connectivity index (χ3v) is 3.23. The molecule has 0 bridgehead atoms. The molecule has 0 amide bonds. The highest BCUT2D eigenvalue weighted by atomic mass is 19.1. The molecule has 0 radical (unpaired) electrons. The minimum Gasteiger partial charge on any atom is -0.387 e. The topological polar surface area (TPSA) is 32.3 Å². The molecule has 0 saturated heterocycles. The summed E-state index contributed by atoms with van der Waals surface area (Å²) in [5, 5.41) is 13.2. The smallest absolute Gasteiger partial charge is 0.123 e. The van der Waals surface area contributed by atoms with Gasteiger partial charge in [0.1, 0.15) is 5.82 Å². The summed E-state index contributed by atoms with van der Waals surface area (Å²) in [5.74, 6) is -0.328. The van der Waals surface area contributed by atoms with Gasteiger partial charge >= 0.3 is 0 Å². The molecule has 0 saturated carbocycles. The Morgan fingerprint density at radius 2 is 1.90 bits per heavy atom. The average Bonchev–Trinajstić information content (AvgIpc) is 2.46. The van der Waals surface area contributed by atoms with E-state index in [1.165, 1.54) is 17.7 Å². The van der Waals surface area contributed by atoms with Gasteiger partial charge < -0.3 is 10.4 Å². The van der Waals surface area contributed by atoms with Gasteiger partial charge in [0.05, 0.1) is 6.10 Å². The minimum atomic E-state index is -0.721. The van der Waals surface area contributed by atoms with E-state index in [9.17, 15) is 9.50 Å². The lowest BCUT2D eigenvalue weighted by molar-refractivity contribution is 0.191. The molecular weight excluding hydrogens is 253 g/mol. The van der Waals surface area contributed by atoms with Crippen LogP contribution in [0.5, 0.6) is 0 Å². The van der Waals surface area contributed by atoms with Crippen LogP contribution in [-0.2, 0) is 6.42 Å². The van der Waals surface area contributed by atoms with E-state index in [2.05, 4.69) is 24.4 Å². The number of hydrogen-bond donors (Lipinski definition) is 2. The second-order valence-electron chi connectivity index (χ2n) is 4.90. The SMILES string of the molecule is CCCc1ccc(NCC(O)c2cccc(F)c2)cc1. The number of anilines is 1. The first-order chi connectivity index (χ1) is 9.69. The summed E-state index contributed by atoms with van der Waals surface area (Å²) in [5.41, 5.74) is 2.85. The summed E-state index contributed by atoms with van der Waals surface area (Å²) in [4.78, 5) is 0. The van der Waals surface area contributed by atoms with Crippen LogP contribution < -0.4 is 5.32 Å². The van der Waals surface area contributed by atoms with Crippen LogP contribution in [-0.4, -0.2) is 11.7 Å². The van der Waals surface area contributed by atoms with Gasteiger partial charge in [0, 0.05) is 12.2 Å². The van der Waals surface area contributed by atoms with Crippen LogP contribution in [0.3, 0.4) is 0 Å². The van der Waals surface area contributed by atoms with Crippen molar-refractivity contribution >= 4 is 5.69 Å². The Kier molecular flexibility index (Phi) is 5.13. The number of aliphatic hydroxyl groups is 1. The molecule has 0 aliphatic heterocycles. The predicted molar refractivity (Wildman–Crippen MR) is 80.3 cm³/mol. The zero-order valence-electron chi connectivity index (χ0n) is 11.6. The number of aryl methyl sites for hydroxylation is 1. The van der Waals surface area contributed by atoms with Crippen LogP contribution in [0.25, 0.3) is 0 Å². The third-order valence-electron chi connectivity index (χ3n) is 3.23. The van der Waals surface area contributed by atoms with E-state index in [-0.39, 0.29) is 5.82 Å². The summed E-state index contributed by atoms with van der Waals surface area (Å²) in [7, 11) is 0. The van der Waals surface area contributed by atoms with Gasteiger partial charge in [0.15, 0.2) is 0 Å². The molecular formula is C17H20FNO. The van der Waals surface area contributed by atoms with Crippen molar-refractivity contribution in [2.24, 2.45) is 0 Å². The molecule has 0 spiro atoms. The van der Waals surface area contributed by atoms with Gasteiger partial charge in [-0.05, 0) is 41.8 Å². The lowest BCUT2D eigenvalue weighted by atomic mass is 10.1. The number of aliphatic hydroxyl groups excluding tert-OH is 1. The van der Waals surface area contributed by atoms with Crippen molar-refractivity contribution in [3.8, 4) is 0 Å². The fourth-order valence-electron chi connectivity index (χ4n) is 2.12. The zero-order valence-corrected chi connectivity index (χ0v) is 11.6. The van der Waals surface area contributed by atoms with Gasteiger partial charge in [0.2, 0.25) is 0 Å². The fraction of sp³-hybridized carbons (Fsp3) is 0.294. The first-order valence-corrected chi connectivity index (χ1v) is 6.95. The molecule has 2 rings (SSSR count). The molecule has 20 heavy (non-hydrogen) atoms. The highest BCUT2D eigenvalue weighted by molar-refractivity contribution is 5.45. The highest BCUT2D eigenvalue weighted by Crippen LogP contribution is 2.16. The molecule has 0 aliphatic carbocycles. The zero-order chi connectivity index (χ0) is 14.4. The Morgan fingerprint density at radius 3 is 2.55 bits per heavy atom. The molecule has 1 atom stereocenters. The van der Waals surface area contributed by atoms with Gasteiger partial charge in [-0.25, -0.2) is 4.39 Å². The number of hydrogen-bond acceptors (Lipinski definition) is 2. The maximum absolute atomic E-state index is 13.1. The lowest BCUT2D eigenvalue weighted by Gasteiger charge is -2.13. The number of nitrogens with one attached hydrogen (secondary N) is 1. The van der Waals surface area contributed by atoms with E-state index >= 15 is 0 Å². The molecule has 2 nitrogen and oxygen atoms in total. The van der Waals surface area contributed by atoms with Crippen molar-refractivity contribution < 1.29 is 9.50 Å². The van der Waals surface area contributed by atoms with E-state index in [0.717, 1.165) is 18.5 Å². The van der Waals surface area contributed by atoms with Crippen molar-refractivity contribution in [1.82, 2.24) is 0 Å². The maximum atomic E-state index is 13.1. The Bertz CT molecular complexity index is 539. The quantitative estimate of drug-likeness (QED) is 0.836. The van der Waals surface area contributed by atoms with Gasteiger partial charge in [-0.1, -0.05) is 37.6 Å². The van der Waals surface area contributed by atoms with Gasteiger partial charge in [-0.2, -0.15) is 0 Å². The summed E-state index contributed by atoms with van der Waals surface area (Å²) in [6, 6.07) is 14.2. The summed E-state index contributed by atoms with van der Waals surface area (Å²) < 4.78 is 13.1. The molecule has 106 valence electrons. The summed E-state index contributed by atoms with van der Waals surface area (Å²) in [6.07, 6.45) is 1.48. The molecule has 1 unspecified atom stereocenters. The molecule has 2 N–H and O–H groups in total. The fourth-order valence-corrected chi connectivity index (χ4v) is 2.12. The van der Waals surface area contributed by atoms with E-state index < -0.39 is 6.10 Å². The summed E-state index contributed by atoms with van der Waals surface area (Å²) >= 11 is 0. The van der Waals surface area contributed by atoms with E-state index in [4.69, 9.17) is 0 Å². The first-order valence-electron chi connectivity index (χ1n) is 6.95. The van der Waals surface area contributed by atoms with Crippen LogP contribution in [0, 0.1) is 5.82 Å². The minimum absolute atomic E-state index is 0.328. The van der Waals surface area contributed by atoms with Crippen LogP contribution in [0.4, 0.5) is 10.1 Å². The Labute approximate surface area is 119 Å². The van der Waals surface area contributed by atoms with Crippen LogP contribution in [0.2, 0.25) is 0 Å². The third kappa shape index (κ3) is 4.07. The standard InChI is InChI=1S/C17H20FNO/c1-2-4-13-7-9-16(10-8-13)19-12-17(20)14-5-3-6-15(18)11-14/h3,5-11,17,19-20H,2,4,12H2,1H3. The second kappa shape index (κ2) is 7.06. The summed E-state index contributed by atoms with van der Waals surface area (Å²) in [6.45, 7) is 2.51. The maximum Gasteiger partial charge on any atom is 0.123 e. The molecule has 3 heteroatoms. The van der Waals surface area contributed by atoms with Crippen LogP contribution in [0.1, 0.15) is 30.6 Å². The largest absolute Gasteiger partial charge is 0.387 e. The Morgan fingerprint density at radius 1 is 1.15 bits per heavy atom. The van der Waals surface area contributed by atoms with E-state index in [1.807, 2.05) is 12.1 Å². The van der Waals surface area contributed by atoms with Gasteiger partial charge in [0.25, 0.3) is 0 Å². The van der Waals surface area contributed by atoms with E-state index in [1.54, 1.807) is 12.1 Å².